The van der Waals surface area contributed by atoms with E-state index in [1.807, 2.05) is 30.3 Å². The Hall–Kier alpha value is -3.21. The number of rotatable bonds is 5. The number of esters is 1. The molecule has 0 aromatic heterocycles. The van der Waals surface area contributed by atoms with Gasteiger partial charge >= 0.3 is 5.97 Å². The lowest BCUT2D eigenvalue weighted by Gasteiger charge is -2.07. The third-order valence-electron chi connectivity index (χ3n) is 3.83. The molecule has 2 aromatic carbocycles. The Morgan fingerprint density at radius 2 is 1.60 bits per heavy atom. The molecule has 2 aromatic rings. The lowest BCUT2D eigenvalue weighted by molar-refractivity contribution is -0.130. The average Bonchev–Trinajstić information content (AvgIpc) is 3.02. The summed E-state index contributed by atoms with van der Waals surface area (Å²) in [4.78, 5) is 12.1. The highest BCUT2D eigenvalue weighted by Crippen LogP contribution is 2.31. The second kappa shape index (κ2) is 7.13. The molecule has 0 aliphatic carbocycles. The van der Waals surface area contributed by atoms with Crippen LogP contribution in [0.4, 0.5) is 0 Å². The quantitative estimate of drug-likeness (QED) is 0.615. The standard InChI is InChI=1S/C20H18O5/c1-22-16-7-5-14(6-8-16)18-12-15(20(21)25-18)10-13-4-9-17(23-2)19(11-13)24-3/h4-12H,1-3H3/b15-10-. The van der Waals surface area contributed by atoms with E-state index in [0.29, 0.717) is 22.8 Å². The van der Waals surface area contributed by atoms with Gasteiger partial charge in [-0.1, -0.05) is 6.07 Å². The van der Waals surface area contributed by atoms with Gasteiger partial charge in [-0.15, -0.1) is 0 Å². The Bertz CT molecular complexity index is 847. The van der Waals surface area contributed by atoms with Crippen LogP contribution < -0.4 is 14.2 Å². The van der Waals surface area contributed by atoms with Crippen molar-refractivity contribution in [3.8, 4) is 17.2 Å². The highest BCUT2D eigenvalue weighted by atomic mass is 16.5. The van der Waals surface area contributed by atoms with Crippen molar-refractivity contribution in [1.29, 1.82) is 0 Å². The third kappa shape index (κ3) is 3.50. The molecule has 1 aliphatic rings. The zero-order valence-corrected chi connectivity index (χ0v) is 14.2. The molecule has 25 heavy (non-hydrogen) atoms. The molecule has 0 atom stereocenters. The maximum Gasteiger partial charge on any atom is 0.343 e. The molecule has 0 unspecified atom stereocenters. The molecule has 0 N–H and O–H groups in total. The highest BCUT2D eigenvalue weighted by Gasteiger charge is 2.22. The van der Waals surface area contributed by atoms with Crippen molar-refractivity contribution in [3.63, 3.8) is 0 Å². The van der Waals surface area contributed by atoms with Gasteiger partial charge < -0.3 is 18.9 Å². The number of benzene rings is 2. The van der Waals surface area contributed by atoms with Gasteiger partial charge in [0.1, 0.15) is 11.5 Å². The van der Waals surface area contributed by atoms with E-state index in [-0.39, 0.29) is 5.97 Å². The molecule has 5 heteroatoms. The summed E-state index contributed by atoms with van der Waals surface area (Å²) < 4.78 is 21.0. The van der Waals surface area contributed by atoms with Crippen LogP contribution in [0.5, 0.6) is 17.2 Å². The van der Waals surface area contributed by atoms with Crippen LogP contribution in [0, 0.1) is 0 Å². The summed E-state index contributed by atoms with van der Waals surface area (Å²) in [6.07, 6.45) is 3.47. The van der Waals surface area contributed by atoms with E-state index in [2.05, 4.69) is 0 Å². The Balaban J connectivity index is 1.90. The van der Waals surface area contributed by atoms with Gasteiger partial charge in [-0.05, 0) is 54.1 Å². The molecule has 0 amide bonds. The number of carbonyl (C=O) groups is 1. The van der Waals surface area contributed by atoms with Crippen molar-refractivity contribution in [2.24, 2.45) is 0 Å². The molecule has 0 fully saturated rings. The summed E-state index contributed by atoms with van der Waals surface area (Å²) in [5, 5.41) is 0. The monoisotopic (exact) mass is 338 g/mol. The normalized spacial score (nSPS) is 14.9. The number of hydrogen-bond acceptors (Lipinski definition) is 5. The van der Waals surface area contributed by atoms with E-state index in [1.165, 1.54) is 0 Å². The summed E-state index contributed by atoms with van der Waals surface area (Å²) >= 11 is 0. The summed E-state index contributed by atoms with van der Waals surface area (Å²) in [6.45, 7) is 0. The molecule has 3 rings (SSSR count). The van der Waals surface area contributed by atoms with E-state index in [9.17, 15) is 4.79 Å². The van der Waals surface area contributed by atoms with Crippen molar-refractivity contribution in [2.75, 3.05) is 21.3 Å². The van der Waals surface area contributed by atoms with Crippen LogP contribution in [0.2, 0.25) is 0 Å². The number of ether oxygens (including phenoxy) is 4. The first-order valence-corrected chi connectivity index (χ1v) is 7.66. The Morgan fingerprint density at radius 3 is 2.24 bits per heavy atom. The lowest BCUT2D eigenvalue weighted by Crippen LogP contribution is -1.97. The molecule has 5 nitrogen and oxygen atoms in total. The van der Waals surface area contributed by atoms with Crippen molar-refractivity contribution in [2.45, 2.75) is 0 Å². The van der Waals surface area contributed by atoms with Gasteiger partial charge in [-0.2, -0.15) is 0 Å². The minimum atomic E-state index is -0.388. The second-order valence-corrected chi connectivity index (χ2v) is 5.34. The van der Waals surface area contributed by atoms with Gasteiger partial charge in [0.2, 0.25) is 0 Å². The second-order valence-electron chi connectivity index (χ2n) is 5.34. The Morgan fingerprint density at radius 1 is 0.880 bits per heavy atom. The third-order valence-corrected chi connectivity index (χ3v) is 3.83. The van der Waals surface area contributed by atoms with Crippen molar-refractivity contribution in [1.82, 2.24) is 0 Å². The molecule has 0 radical (unpaired) electrons. The molecule has 0 saturated carbocycles. The topological polar surface area (TPSA) is 54.0 Å². The maximum atomic E-state index is 12.1. The van der Waals surface area contributed by atoms with Gasteiger partial charge in [0.15, 0.2) is 11.5 Å². The molecule has 0 spiro atoms. The van der Waals surface area contributed by atoms with Crippen LogP contribution >= 0.6 is 0 Å². The zero-order chi connectivity index (χ0) is 17.8. The molecule has 0 bridgehead atoms. The SMILES string of the molecule is COc1ccc(C2=C/C(=C/c3ccc(OC)c(OC)c3)C(=O)O2)cc1. The van der Waals surface area contributed by atoms with Crippen LogP contribution in [0.1, 0.15) is 11.1 Å². The van der Waals surface area contributed by atoms with Gasteiger partial charge in [-0.3, -0.25) is 0 Å². The molecular formula is C20H18O5. The predicted octanol–water partition coefficient (Wildman–Crippen LogP) is 3.69. The average molecular weight is 338 g/mol. The predicted molar refractivity (Wildman–Crippen MR) is 94.6 cm³/mol. The Labute approximate surface area is 146 Å². The van der Waals surface area contributed by atoms with Crippen LogP contribution in [0.25, 0.3) is 11.8 Å². The number of methoxy groups -OCH3 is 3. The fraction of sp³-hybridized carbons (Fsp3) is 0.150. The van der Waals surface area contributed by atoms with E-state index >= 15 is 0 Å². The molecule has 1 heterocycles. The fourth-order valence-corrected chi connectivity index (χ4v) is 2.51. The fourth-order valence-electron chi connectivity index (χ4n) is 2.51. The van der Waals surface area contributed by atoms with E-state index in [0.717, 1.165) is 16.9 Å². The summed E-state index contributed by atoms with van der Waals surface area (Å²) in [5.41, 5.74) is 2.10. The van der Waals surface area contributed by atoms with Crippen molar-refractivity contribution >= 4 is 17.8 Å². The van der Waals surface area contributed by atoms with E-state index in [4.69, 9.17) is 18.9 Å². The first kappa shape index (κ1) is 16.6. The number of cyclic esters (lactones) is 1. The van der Waals surface area contributed by atoms with Gasteiger partial charge in [0.05, 0.1) is 26.9 Å². The van der Waals surface area contributed by atoms with Crippen LogP contribution in [0.15, 0.2) is 54.1 Å². The largest absolute Gasteiger partial charge is 0.497 e. The molecule has 128 valence electrons. The number of carbonyl (C=O) groups excluding carboxylic acids is 1. The van der Waals surface area contributed by atoms with Crippen molar-refractivity contribution < 1.29 is 23.7 Å². The van der Waals surface area contributed by atoms with Crippen LogP contribution in [-0.2, 0) is 9.53 Å². The lowest BCUT2D eigenvalue weighted by atomic mass is 10.1. The Kier molecular flexibility index (Phi) is 4.75. The minimum Gasteiger partial charge on any atom is -0.497 e. The molecular weight excluding hydrogens is 320 g/mol. The zero-order valence-electron chi connectivity index (χ0n) is 14.2. The van der Waals surface area contributed by atoms with E-state index in [1.54, 1.807) is 45.6 Å². The van der Waals surface area contributed by atoms with Crippen molar-refractivity contribution in [3.05, 3.63) is 65.2 Å². The van der Waals surface area contributed by atoms with Gasteiger partial charge in [-0.25, -0.2) is 4.79 Å². The first-order valence-electron chi connectivity index (χ1n) is 7.66. The van der Waals surface area contributed by atoms with Crippen LogP contribution in [-0.4, -0.2) is 27.3 Å². The minimum absolute atomic E-state index is 0.388. The number of hydrogen-bond donors (Lipinski definition) is 0. The molecule has 0 saturated heterocycles. The maximum absolute atomic E-state index is 12.1. The molecule has 1 aliphatic heterocycles. The van der Waals surface area contributed by atoms with E-state index < -0.39 is 0 Å². The highest BCUT2D eigenvalue weighted by molar-refractivity contribution is 6.05. The van der Waals surface area contributed by atoms with Crippen LogP contribution in [0.3, 0.4) is 0 Å². The summed E-state index contributed by atoms with van der Waals surface area (Å²) in [7, 11) is 4.75. The summed E-state index contributed by atoms with van der Waals surface area (Å²) in [6, 6.07) is 12.8. The smallest absolute Gasteiger partial charge is 0.343 e. The first-order chi connectivity index (χ1) is 12.1. The van der Waals surface area contributed by atoms with Gasteiger partial charge in [0, 0.05) is 5.56 Å². The summed E-state index contributed by atoms with van der Waals surface area (Å²) in [5.74, 6) is 2.10. The van der Waals surface area contributed by atoms with Gasteiger partial charge in [0.25, 0.3) is 0 Å².